The molecule has 11 heavy (non-hydrogen) atoms. The number of halogens is 3. The molecule has 0 fully saturated rings. The third kappa shape index (κ3) is 1.82. The van der Waals surface area contributed by atoms with Crippen LogP contribution < -0.4 is 0 Å². The first-order valence-corrected chi connectivity index (χ1v) is 2.28. The number of hydrogen-bond acceptors (Lipinski definition) is 2. The molecule has 7 heteroatoms. The van der Waals surface area contributed by atoms with E-state index >= 15 is 0 Å². The zero-order valence-electron chi connectivity index (χ0n) is 4.92. The summed E-state index contributed by atoms with van der Waals surface area (Å²) >= 11 is 0. The summed E-state index contributed by atoms with van der Waals surface area (Å²) in [6.07, 6.45) is -3.71. The van der Waals surface area contributed by atoms with Crippen LogP contribution >= 0.6 is 0 Å². The van der Waals surface area contributed by atoms with Gasteiger partial charge in [-0.15, -0.1) is 0 Å². The van der Waals surface area contributed by atoms with Crippen LogP contribution in [0, 0.1) is 0 Å². The minimum atomic E-state index is -4.87. The quantitative estimate of drug-likeness (QED) is 0.634. The summed E-state index contributed by atoms with van der Waals surface area (Å²) in [7, 11) is 0. The summed E-state index contributed by atoms with van der Waals surface area (Å²) in [6, 6.07) is 0. The summed E-state index contributed by atoms with van der Waals surface area (Å²) in [4.78, 5) is 19.0. The van der Waals surface area contributed by atoms with Crippen LogP contribution in [-0.4, -0.2) is 34.2 Å². The van der Waals surface area contributed by atoms with Gasteiger partial charge in [-0.25, -0.2) is 14.0 Å². The Kier molecular flexibility index (Phi) is 2.45. The maximum absolute atomic E-state index is 11.8. The van der Waals surface area contributed by atoms with Crippen molar-refractivity contribution in [3.05, 3.63) is 0 Å². The summed E-state index contributed by atoms with van der Waals surface area (Å²) in [5.41, 5.74) is 0. The topological polar surface area (TPSA) is 74.6 Å². The van der Waals surface area contributed by atoms with Crippen molar-refractivity contribution in [2.24, 2.45) is 0 Å². The number of hydrogen-bond donors (Lipinski definition) is 2. The predicted octanol–water partition coefficient (Wildman–Crippen LogP) is 0.129. The van der Waals surface area contributed by atoms with Crippen molar-refractivity contribution in [1.29, 1.82) is 0 Å². The highest BCUT2D eigenvalue weighted by Gasteiger charge is 2.52. The normalized spacial score (nSPS) is 14.1. The maximum atomic E-state index is 11.8. The van der Waals surface area contributed by atoms with Crippen molar-refractivity contribution in [3.63, 3.8) is 0 Å². The van der Waals surface area contributed by atoms with Crippen LogP contribution in [0.3, 0.4) is 0 Å². The number of carbonyl (C=O) groups is 2. The van der Waals surface area contributed by atoms with Gasteiger partial charge in [-0.05, 0) is 0 Å². The van der Waals surface area contributed by atoms with Crippen LogP contribution in [0.5, 0.6) is 0 Å². The van der Waals surface area contributed by atoms with Gasteiger partial charge < -0.3 is 10.2 Å². The second-order valence-corrected chi connectivity index (χ2v) is 1.63. The van der Waals surface area contributed by atoms with E-state index in [9.17, 15) is 22.8 Å². The largest absolute Gasteiger partial charge is 0.479 e. The zero-order valence-corrected chi connectivity index (χ0v) is 4.92. The average Bonchev–Trinajstić information content (AvgIpc) is 1.85. The van der Waals surface area contributed by atoms with E-state index in [0.717, 1.165) is 0 Å². The van der Waals surface area contributed by atoms with Gasteiger partial charge in [0.25, 0.3) is 6.17 Å². The number of carboxylic acid groups (broad SMARTS) is 2. The predicted molar refractivity (Wildman–Crippen MR) is 25.1 cm³/mol. The van der Waals surface area contributed by atoms with Crippen LogP contribution in [-0.2, 0) is 9.59 Å². The molecule has 4 nitrogen and oxygen atoms in total. The molecule has 0 aliphatic carbocycles. The molecule has 1 atom stereocenters. The molecule has 0 heterocycles. The van der Waals surface area contributed by atoms with Crippen LogP contribution in [0.1, 0.15) is 0 Å². The Labute approximate surface area is 58.2 Å². The van der Waals surface area contributed by atoms with Crippen LogP contribution in [0.4, 0.5) is 13.2 Å². The molecule has 0 aliphatic rings. The number of carboxylic acids is 2. The Hall–Kier alpha value is -1.27. The first-order valence-electron chi connectivity index (χ1n) is 2.28. The molecule has 0 unspecified atom stereocenters. The number of rotatable bonds is 3. The van der Waals surface area contributed by atoms with E-state index in [-0.39, 0.29) is 0 Å². The molecule has 0 aliphatic heterocycles. The molecule has 0 saturated heterocycles. The first kappa shape index (κ1) is 9.73. The Morgan fingerprint density at radius 3 is 1.73 bits per heavy atom. The highest BCUT2D eigenvalue weighted by molar-refractivity contribution is 5.85. The fourth-order valence-corrected chi connectivity index (χ4v) is 0.263. The molecule has 2 N–H and O–H groups in total. The third-order valence-electron chi connectivity index (χ3n) is 0.820. The summed E-state index contributed by atoms with van der Waals surface area (Å²) < 4.78 is 35.5. The molecule has 0 aromatic carbocycles. The van der Waals surface area contributed by atoms with Gasteiger partial charge in [0.15, 0.2) is 0 Å². The van der Waals surface area contributed by atoms with Gasteiger partial charge in [-0.1, -0.05) is 0 Å². The van der Waals surface area contributed by atoms with E-state index < -0.39 is 24.0 Å². The highest BCUT2D eigenvalue weighted by Crippen LogP contribution is 2.21. The molecule has 64 valence electrons. The van der Waals surface area contributed by atoms with Gasteiger partial charge in [-0.2, -0.15) is 8.78 Å². The molecular formula is C4H3F3O4. The standard InChI is InChI=1S/C4H3F3O4/c5-1(2(8)9)4(6,7)3(10)11/h1H,(H,8,9)(H,10,11)/t1-/m0/s1. The van der Waals surface area contributed by atoms with Crippen LogP contribution in [0.25, 0.3) is 0 Å². The molecule has 0 rings (SSSR count). The van der Waals surface area contributed by atoms with Gasteiger partial charge in [0.05, 0.1) is 0 Å². The molecule has 0 spiro atoms. The molecule has 0 aromatic heterocycles. The second kappa shape index (κ2) is 2.77. The van der Waals surface area contributed by atoms with Gasteiger partial charge in [0.1, 0.15) is 0 Å². The fourth-order valence-electron chi connectivity index (χ4n) is 0.263. The lowest BCUT2D eigenvalue weighted by Crippen LogP contribution is -2.43. The Morgan fingerprint density at radius 1 is 1.27 bits per heavy atom. The van der Waals surface area contributed by atoms with E-state index in [0.29, 0.717) is 0 Å². The molecule has 0 aromatic rings. The summed E-state index contributed by atoms with van der Waals surface area (Å²) in [5.74, 6) is -10.2. The first-order chi connectivity index (χ1) is 4.80. The van der Waals surface area contributed by atoms with Crippen molar-refractivity contribution in [1.82, 2.24) is 0 Å². The minimum Gasteiger partial charge on any atom is -0.479 e. The Morgan fingerprint density at radius 2 is 1.64 bits per heavy atom. The summed E-state index contributed by atoms with van der Waals surface area (Å²) in [5, 5.41) is 15.3. The van der Waals surface area contributed by atoms with E-state index in [1.807, 2.05) is 0 Å². The Bertz CT molecular complexity index is 190. The van der Waals surface area contributed by atoms with Gasteiger partial charge >= 0.3 is 17.9 Å². The van der Waals surface area contributed by atoms with Gasteiger partial charge in [-0.3, -0.25) is 0 Å². The van der Waals surface area contributed by atoms with Gasteiger partial charge in [0.2, 0.25) is 0 Å². The minimum absolute atomic E-state index is 2.50. The van der Waals surface area contributed by atoms with Crippen molar-refractivity contribution < 1.29 is 33.0 Å². The van der Waals surface area contributed by atoms with Crippen molar-refractivity contribution in [2.45, 2.75) is 12.1 Å². The van der Waals surface area contributed by atoms with E-state index in [4.69, 9.17) is 10.2 Å². The second-order valence-electron chi connectivity index (χ2n) is 1.63. The number of alkyl halides is 3. The SMILES string of the molecule is O=C(O)[C@H](F)C(F)(F)C(=O)O. The van der Waals surface area contributed by atoms with Gasteiger partial charge in [0, 0.05) is 0 Å². The molecular weight excluding hydrogens is 169 g/mol. The van der Waals surface area contributed by atoms with Crippen LogP contribution in [0.2, 0.25) is 0 Å². The molecule has 0 saturated carbocycles. The van der Waals surface area contributed by atoms with E-state index in [2.05, 4.69) is 0 Å². The number of aliphatic carboxylic acids is 2. The van der Waals surface area contributed by atoms with Crippen molar-refractivity contribution in [3.8, 4) is 0 Å². The maximum Gasteiger partial charge on any atom is 0.383 e. The highest BCUT2D eigenvalue weighted by atomic mass is 19.3. The Balaban J connectivity index is 4.55. The lowest BCUT2D eigenvalue weighted by molar-refractivity contribution is -0.183. The molecule has 0 bridgehead atoms. The summed E-state index contributed by atoms with van der Waals surface area (Å²) in [6.45, 7) is 0. The van der Waals surface area contributed by atoms with Crippen molar-refractivity contribution in [2.75, 3.05) is 0 Å². The zero-order chi connectivity index (χ0) is 9.23. The molecule has 0 radical (unpaired) electrons. The average molecular weight is 172 g/mol. The van der Waals surface area contributed by atoms with Crippen molar-refractivity contribution >= 4 is 11.9 Å². The lowest BCUT2D eigenvalue weighted by Gasteiger charge is -2.11. The lowest BCUT2D eigenvalue weighted by atomic mass is 10.2. The fraction of sp³-hybridized carbons (Fsp3) is 0.500. The molecule has 0 amide bonds. The smallest absolute Gasteiger partial charge is 0.383 e. The third-order valence-corrected chi connectivity index (χ3v) is 0.820. The van der Waals surface area contributed by atoms with E-state index in [1.54, 1.807) is 0 Å². The van der Waals surface area contributed by atoms with Crippen LogP contribution in [0.15, 0.2) is 0 Å². The monoisotopic (exact) mass is 172 g/mol. The van der Waals surface area contributed by atoms with E-state index in [1.165, 1.54) is 0 Å².